The van der Waals surface area contributed by atoms with Gasteiger partial charge in [-0.15, -0.1) is 0 Å². The second-order valence-electron chi connectivity index (χ2n) is 5.01. The number of para-hydroxylation sites is 1. The minimum absolute atomic E-state index is 0.123. The van der Waals surface area contributed by atoms with E-state index in [0.29, 0.717) is 16.3 Å². The second-order valence-corrected chi connectivity index (χ2v) is 5.45. The van der Waals surface area contributed by atoms with Gasteiger partial charge in [-0.2, -0.15) is 5.10 Å². The van der Waals surface area contributed by atoms with Crippen molar-refractivity contribution in [3.63, 3.8) is 0 Å². The Labute approximate surface area is 149 Å². The van der Waals surface area contributed by atoms with Crippen molar-refractivity contribution in [2.75, 3.05) is 12.4 Å². The normalized spacial score (nSPS) is 10.5. The molecule has 0 spiro atoms. The summed E-state index contributed by atoms with van der Waals surface area (Å²) >= 11 is 5.86. The predicted molar refractivity (Wildman–Crippen MR) is 95.2 cm³/mol. The highest BCUT2D eigenvalue weighted by molar-refractivity contribution is 6.40. The number of rotatable bonds is 4. The van der Waals surface area contributed by atoms with Crippen molar-refractivity contribution in [3.05, 3.63) is 52.5 Å². The van der Waals surface area contributed by atoms with Crippen LogP contribution in [0.4, 0.5) is 5.69 Å². The molecule has 2 rings (SSSR count). The summed E-state index contributed by atoms with van der Waals surface area (Å²) < 4.78 is 4.96. The van der Waals surface area contributed by atoms with Crippen molar-refractivity contribution in [2.24, 2.45) is 5.10 Å². The van der Waals surface area contributed by atoms with Gasteiger partial charge in [-0.25, -0.2) is 5.43 Å². The third-order valence-electron chi connectivity index (χ3n) is 3.27. The number of carbonyl (C=O) groups excluding carboxylic acids is 2. The number of amides is 2. The van der Waals surface area contributed by atoms with Crippen LogP contribution in [-0.2, 0) is 9.59 Å². The fraction of sp³-hybridized carbons (Fsp3) is 0.118. The number of hydrazone groups is 1. The molecule has 0 heterocycles. The average molecular weight is 362 g/mol. The number of aryl methyl sites for hydroxylation is 1. The molecule has 0 aliphatic rings. The van der Waals surface area contributed by atoms with Gasteiger partial charge in [0.2, 0.25) is 0 Å². The van der Waals surface area contributed by atoms with Crippen LogP contribution >= 0.6 is 11.6 Å². The highest BCUT2D eigenvalue weighted by Crippen LogP contribution is 2.27. The fourth-order valence-electron chi connectivity index (χ4n) is 1.93. The molecule has 8 heteroatoms. The van der Waals surface area contributed by atoms with Gasteiger partial charge >= 0.3 is 11.8 Å². The largest absolute Gasteiger partial charge is 0.504 e. The first-order valence-electron chi connectivity index (χ1n) is 7.19. The molecule has 25 heavy (non-hydrogen) atoms. The zero-order valence-electron chi connectivity index (χ0n) is 13.5. The van der Waals surface area contributed by atoms with Gasteiger partial charge < -0.3 is 15.2 Å². The molecule has 0 radical (unpaired) electrons. The van der Waals surface area contributed by atoms with Crippen LogP contribution in [0.15, 0.2) is 41.5 Å². The quantitative estimate of drug-likeness (QED) is 0.442. The third-order valence-corrected chi connectivity index (χ3v) is 3.51. The summed E-state index contributed by atoms with van der Waals surface area (Å²) in [5.74, 6) is -1.71. The molecule has 0 saturated carbocycles. The molecular formula is C17H16ClN3O4. The molecule has 0 atom stereocenters. The van der Waals surface area contributed by atoms with Crippen molar-refractivity contribution in [3.8, 4) is 11.5 Å². The monoisotopic (exact) mass is 361 g/mol. The average Bonchev–Trinajstić information content (AvgIpc) is 2.59. The molecule has 0 aliphatic carbocycles. The van der Waals surface area contributed by atoms with Crippen molar-refractivity contribution < 1.29 is 19.4 Å². The number of nitrogens with one attached hydrogen (secondary N) is 2. The van der Waals surface area contributed by atoms with E-state index in [-0.39, 0.29) is 11.5 Å². The number of hydrogen-bond acceptors (Lipinski definition) is 5. The van der Waals surface area contributed by atoms with Crippen LogP contribution in [-0.4, -0.2) is 30.2 Å². The summed E-state index contributed by atoms with van der Waals surface area (Å²) in [7, 11) is 1.42. The number of phenols is 1. The van der Waals surface area contributed by atoms with Crippen molar-refractivity contribution in [2.45, 2.75) is 6.92 Å². The fourth-order valence-corrected chi connectivity index (χ4v) is 2.10. The van der Waals surface area contributed by atoms with Gasteiger partial charge in [0.1, 0.15) is 0 Å². The lowest BCUT2D eigenvalue weighted by atomic mass is 10.2. The van der Waals surface area contributed by atoms with E-state index in [1.54, 1.807) is 43.3 Å². The highest BCUT2D eigenvalue weighted by Gasteiger charge is 2.14. The number of nitrogens with zero attached hydrogens (tertiary/aromatic N) is 1. The zero-order valence-corrected chi connectivity index (χ0v) is 14.3. The predicted octanol–water partition coefficient (Wildman–Crippen LogP) is 2.45. The van der Waals surface area contributed by atoms with Gasteiger partial charge in [0.05, 0.1) is 13.3 Å². The highest BCUT2D eigenvalue weighted by atomic mass is 35.5. The maximum atomic E-state index is 11.9. The smallest absolute Gasteiger partial charge is 0.329 e. The number of aromatic hydroxyl groups is 1. The Morgan fingerprint density at radius 1 is 1.24 bits per heavy atom. The maximum absolute atomic E-state index is 11.9. The molecule has 0 aliphatic heterocycles. The Hall–Kier alpha value is -3.06. The van der Waals surface area contributed by atoms with Crippen LogP contribution in [0.2, 0.25) is 5.02 Å². The summed E-state index contributed by atoms with van der Waals surface area (Å²) in [5, 5.41) is 16.4. The molecule has 2 amide bonds. The molecule has 2 aromatic carbocycles. The maximum Gasteiger partial charge on any atom is 0.329 e. The number of methoxy groups -OCH3 is 1. The van der Waals surface area contributed by atoms with E-state index in [2.05, 4.69) is 15.8 Å². The Balaban J connectivity index is 2.00. The van der Waals surface area contributed by atoms with Crippen molar-refractivity contribution >= 4 is 35.3 Å². The molecule has 7 nitrogen and oxygen atoms in total. The minimum atomic E-state index is -0.960. The molecule has 0 aromatic heterocycles. The van der Waals surface area contributed by atoms with Crippen LogP contribution in [0.1, 0.15) is 11.1 Å². The summed E-state index contributed by atoms with van der Waals surface area (Å²) in [5.41, 5.74) is 3.60. The van der Waals surface area contributed by atoms with E-state index in [1.165, 1.54) is 13.3 Å². The summed E-state index contributed by atoms with van der Waals surface area (Å²) in [6, 6.07) is 9.74. The van der Waals surface area contributed by atoms with Gasteiger partial charge in [-0.3, -0.25) is 9.59 Å². The molecular weight excluding hydrogens is 346 g/mol. The van der Waals surface area contributed by atoms with Crippen molar-refractivity contribution in [1.29, 1.82) is 0 Å². The second kappa shape index (κ2) is 8.16. The van der Waals surface area contributed by atoms with Crippen LogP contribution < -0.4 is 15.5 Å². The number of hydrogen-bond donors (Lipinski definition) is 3. The summed E-state index contributed by atoms with van der Waals surface area (Å²) in [4.78, 5) is 23.7. The van der Waals surface area contributed by atoms with E-state index < -0.39 is 11.8 Å². The van der Waals surface area contributed by atoms with Crippen LogP contribution in [0.5, 0.6) is 11.5 Å². The molecule has 2 aromatic rings. The van der Waals surface area contributed by atoms with E-state index in [4.69, 9.17) is 16.3 Å². The van der Waals surface area contributed by atoms with Gasteiger partial charge in [-0.05, 0) is 36.8 Å². The number of ether oxygens (including phenoxy) is 1. The standard InChI is InChI=1S/C17H16ClN3O4/c1-10-6-7-12(18)8-13(10)20-16(23)17(24)21-19-9-11-4-3-5-14(25-2)15(11)22/h3-9,22H,1-2H3,(H,20,23)(H,21,24)/b19-9+. The van der Waals surface area contributed by atoms with E-state index >= 15 is 0 Å². The van der Waals surface area contributed by atoms with Crippen LogP contribution in [0.25, 0.3) is 0 Å². The Bertz CT molecular complexity index is 837. The number of carbonyl (C=O) groups is 2. The first-order chi connectivity index (χ1) is 11.9. The van der Waals surface area contributed by atoms with Gasteiger partial charge in [0.15, 0.2) is 11.5 Å². The zero-order chi connectivity index (χ0) is 18.4. The number of benzene rings is 2. The minimum Gasteiger partial charge on any atom is -0.504 e. The number of phenolic OH excluding ortho intramolecular Hbond substituents is 1. The topological polar surface area (TPSA) is 100 Å². The molecule has 0 fully saturated rings. The summed E-state index contributed by atoms with van der Waals surface area (Å²) in [6.45, 7) is 1.77. The van der Waals surface area contributed by atoms with Gasteiger partial charge in [0.25, 0.3) is 0 Å². The Morgan fingerprint density at radius 3 is 2.72 bits per heavy atom. The first kappa shape index (κ1) is 18.3. The number of anilines is 1. The van der Waals surface area contributed by atoms with E-state index in [1.807, 2.05) is 0 Å². The van der Waals surface area contributed by atoms with Gasteiger partial charge in [0, 0.05) is 16.3 Å². The molecule has 3 N–H and O–H groups in total. The van der Waals surface area contributed by atoms with Crippen LogP contribution in [0, 0.1) is 6.92 Å². The SMILES string of the molecule is COc1cccc(/C=N/NC(=O)C(=O)Nc2cc(Cl)ccc2C)c1O. The molecule has 0 bridgehead atoms. The number of halogens is 1. The lowest BCUT2D eigenvalue weighted by Gasteiger charge is -2.08. The lowest BCUT2D eigenvalue weighted by Crippen LogP contribution is -2.32. The Morgan fingerprint density at radius 2 is 2.00 bits per heavy atom. The Kier molecular flexibility index (Phi) is 5.97. The molecule has 0 saturated heterocycles. The van der Waals surface area contributed by atoms with E-state index in [9.17, 15) is 14.7 Å². The van der Waals surface area contributed by atoms with E-state index in [0.717, 1.165) is 5.56 Å². The lowest BCUT2D eigenvalue weighted by molar-refractivity contribution is -0.136. The first-order valence-corrected chi connectivity index (χ1v) is 7.56. The van der Waals surface area contributed by atoms with Crippen LogP contribution in [0.3, 0.4) is 0 Å². The summed E-state index contributed by atoms with van der Waals surface area (Å²) in [6.07, 6.45) is 1.20. The van der Waals surface area contributed by atoms with Crippen molar-refractivity contribution in [1.82, 2.24) is 5.43 Å². The van der Waals surface area contributed by atoms with Gasteiger partial charge in [-0.1, -0.05) is 23.7 Å². The molecule has 0 unspecified atom stereocenters. The molecule has 130 valence electrons. The third kappa shape index (κ3) is 4.71.